The molecule has 1 fully saturated rings. The molecule has 1 saturated heterocycles. The highest BCUT2D eigenvalue weighted by molar-refractivity contribution is 6.07. The van der Waals surface area contributed by atoms with E-state index in [1.54, 1.807) is 12.3 Å². The van der Waals surface area contributed by atoms with Gasteiger partial charge in [-0.25, -0.2) is 4.79 Å². The third-order valence-electron chi connectivity index (χ3n) is 3.46. The van der Waals surface area contributed by atoms with E-state index in [-0.39, 0.29) is 11.8 Å². The molecule has 92 valence electrons. The molecule has 0 bridgehead atoms. The van der Waals surface area contributed by atoms with Crippen LogP contribution in [0, 0.1) is 5.92 Å². The van der Waals surface area contributed by atoms with E-state index in [1.165, 1.54) is 0 Å². The van der Waals surface area contributed by atoms with E-state index in [0.717, 1.165) is 6.42 Å². The highest BCUT2D eigenvalue weighted by Crippen LogP contribution is 2.28. The largest absolute Gasteiger partial charge is 0.469 e. The zero-order chi connectivity index (χ0) is 12.5. The first-order valence-electron chi connectivity index (χ1n) is 5.74. The predicted octanol–water partition coefficient (Wildman–Crippen LogP) is 1.45. The molecule has 0 spiro atoms. The summed E-state index contributed by atoms with van der Waals surface area (Å²) < 4.78 is 5.27. The fourth-order valence-corrected chi connectivity index (χ4v) is 2.19. The van der Waals surface area contributed by atoms with Crippen molar-refractivity contribution in [1.82, 2.24) is 10.6 Å². The second-order valence-corrected chi connectivity index (χ2v) is 4.45. The topological polar surface area (TPSA) is 71.3 Å². The molecule has 0 saturated carbocycles. The van der Waals surface area contributed by atoms with Gasteiger partial charge in [-0.1, -0.05) is 20.3 Å². The zero-order valence-electron chi connectivity index (χ0n) is 9.95. The second-order valence-electron chi connectivity index (χ2n) is 4.45. The molecule has 17 heavy (non-hydrogen) atoms. The number of hydrogen-bond acceptors (Lipinski definition) is 3. The van der Waals surface area contributed by atoms with E-state index in [9.17, 15) is 9.59 Å². The SMILES string of the molecule is CCC(C)C1(Cc2ccco2)NC(=O)NC1=O. The first kappa shape index (κ1) is 11.7. The highest BCUT2D eigenvalue weighted by Gasteiger charge is 2.50. The number of hydrogen-bond donors (Lipinski definition) is 2. The van der Waals surface area contributed by atoms with E-state index in [1.807, 2.05) is 19.9 Å². The normalized spacial score (nSPS) is 25.5. The Hall–Kier alpha value is -1.78. The molecule has 0 radical (unpaired) electrons. The van der Waals surface area contributed by atoms with Gasteiger partial charge in [-0.3, -0.25) is 10.1 Å². The van der Waals surface area contributed by atoms with Gasteiger partial charge < -0.3 is 9.73 Å². The summed E-state index contributed by atoms with van der Waals surface area (Å²) in [6, 6.07) is 3.15. The van der Waals surface area contributed by atoms with E-state index in [4.69, 9.17) is 4.42 Å². The molecule has 0 aliphatic carbocycles. The van der Waals surface area contributed by atoms with Gasteiger partial charge in [-0.05, 0) is 18.1 Å². The van der Waals surface area contributed by atoms with Crippen LogP contribution in [-0.2, 0) is 11.2 Å². The van der Waals surface area contributed by atoms with E-state index in [2.05, 4.69) is 10.6 Å². The minimum absolute atomic E-state index is 0.0408. The smallest absolute Gasteiger partial charge is 0.322 e. The molecule has 1 aliphatic heterocycles. The fourth-order valence-electron chi connectivity index (χ4n) is 2.19. The van der Waals surface area contributed by atoms with Gasteiger partial charge in [0.2, 0.25) is 0 Å². The van der Waals surface area contributed by atoms with Crippen molar-refractivity contribution in [3.05, 3.63) is 24.2 Å². The third kappa shape index (κ3) is 1.92. The van der Waals surface area contributed by atoms with Gasteiger partial charge in [-0.2, -0.15) is 0 Å². The molecule has 1 aliphatic rings. The Balaban J connectivity index is 2.31. The number of imide groups is 1. The Labute approximate surface area is 99.6 Å². The van der Waals surface area contributed by atoms with Crippen LogP contribution >= 0.6 is 0 Å². The molecule has 1 aromatic heterocycles. The van der Waals surface area contributed by atoms with Gasteiger partial charge in [0.25, 0.3) is 5.91 Å². The molecule has 5 nitrogen and oxygen atoms in total. The monoisotopic (exact) mass is 236 g/mol. The van der Waals surface area contributed by atoms with Gasteiger partial charge in [0.05, 0.1) is 6.26 Å². The molecular formula is C12H16N2O3. The standard InChI is InChI=1S/C12H16N2O3/c1-3-8(2)12(7-9-5-4-6-17-9)10(15)13-11(16)14-12/h4-6,8H,3,7H2,1-2H3,(H2,13,14,15,16). The minimum atomic E-state index is -0.885. The maximum absolute atomic E-state index is 12.0. The Morgan fingerprint density at radius 1 is 1.47 bits per heavy atom. The van der Waals surface area contributed by atoms with Crippen molar-refractivity contribution in [3.63, 3.8) is 0 Å². The fraction of sp³-hybridized carbons (Fsp3) is 0.500. The Morgan fingerprint density at radius 3 is 2.71 bits per heavy atom. The maximum Gasteiger partial charge on any atom is 0.322 e. The number of nitrogens with one attached hydrogen (secondary N) is 2. The number of carbonyl (C=O) groups is 2. The van der Waals surface area contributed by atoms with Gasteiger partial charge >= 0.3 is 6.03 Å². The van der Waals surface area contributed by atoms with Crippen LogP contribution in [0.25, 0.3) is 0 Å². The summed E-state index contributed by atoms with van der Waals surface area (Å²) in [7, 11) is 0. The van der Waals surface area contributed by atoms with Crippen molar-refractivity contribution in [2.75, 3.05) is 0 Å². The number of furan rings is 1. The van der Waals surface area contributed by atoms with Crippen molar-refractivity contribution >= 4 is 11.9 Å². The number of amides is 3. The van der Waals surface area contributed by atoms with Crippen LogP contribution in [0.2, 0.25) is 0 Å². The lowest BCUT2D eigenvalue weighted by atomic mass is 9.80. The number of rotatable bonds is 4. The summed E-state index contributed by atoms with van der Waals surface area (Å²) in [6.45, 7) is 3.94. The molecule has 2 atom stereocenters. The van der Waals surface area contributed by atoms with Crippen molar-refractivity contribution < 1.29 is 14.0 Å². The van der Waals surface area contributed by atoms with Crippen molar-refractivity contribution in [1.29, 1.82) is 0 Å². The average Bonchev–Trinajstić information content (AvgIpc) is 2.87. The quantitative estimate of drug-likeness (QED) is 0.777. The molecule has 2 rings (SSSR count). The molecule has 0 aromatic carbocycles. The molecule has 2 unspecified atom stereocenters. The Morgan fingerprint density at radius 2 is 2.24 bits per heavy atom. The van der Waals surface area contributed by atoms with Crippen LogP contribution in [0.4, 0.5) is 4.79 Å². The van der Waals surface area contributed by atoms with E-state index >= 15 is 0 Å². The van der Waals surface area contributed by atoms with Crippen LogP contribution in [0.1, 0.15) is 26.0 Å². The van der Waals surface area contributed by atoms with Crippen molar-refractivity contribution in [2.45, 2.75) is 32.2 Å². The first-order valence-corrected chi connectivity index (χ1v) is 5.74. The average molecular weight is 236 g/mol. The number of urea groups is 1. The third-order valence-corrected chi connectivity index (χ3v) is 3.46. The van der Waals surface area contributed by atoms with Crippen LogP contribution in [-0.4, -0.2) is 17.5 Å². The first-order chi connectivity index (χ1) is 8.08. The zero-order valence-corrected chi connectivity index (χ0v) is 9.95. The molecule has 2 N–H and O–H groups in total. The van der Waals surface area contributed by atoms with Crippen LogP contribution < -0.4 is 10.6 Å². The van der Waals surface area contributed by atoms with Gasteiger partial charge in [0.1, 0.15) is 11.3 Å². The lowest BCUT2D eigenvalue weighted by Gasteiger charge is -2.31. The minimum Gasteiger partial charge on any atom is -0.469 e. The summed E-state index contributed by atoms with van der Waals surface area (Å²) >= 11 is 0. The molecule has 2 heterocycles. The number of carbonyl (C=O) groups excluding carboxylic acids is 2. The van der Waals surface area contributed by atoms with E-state index < -0.39 is 11.6 Å². The summed E-state index contributed by atoms with van der Waals surface area (Å²) in [5, 5.41) is 5.05. The van der Waals surface area contributed by atoms with Gasteiger partial charge in [0.15, 0.2) is 0 Å². The second kappa shape index (κ2) is 4.24. The Bertz CT molecular complexity index is 427. The maximum atomic E-state index is 12.0. The van der Waals surface area contributed by atoms with Crippen LogP contribution in [0.15, 0.2) is 22.8 Å². The van der Waals surface area contributed by atoms with E-state index in [0.29, 0.717) is 12.2 Å². The van der Waals surface area contributed by atoms with Gasteiger partial charge in [-0.15, -0.1) is 0 Å². The molecule has 1 aromatic rings. The van der Waals surface area contributed by atoms with Crippen molar-refractivity contribution in [3.8, 4) is 0 Å². The predicted molar refractivity (Wildman–Crippen MR) is 61.3 cm³/mol. The summed E-state index contributed by atoms with van der Waals surface area (Å²) in [5.74, 6) is 0.468. The lowest BCUT2D eigenvalue weighted by molar-refractivity contribution is -0.125. The summed E-state index contributed by atoms with van der Waals surface area (Å²) in [4.78, 5) is 23.3. The lowest BCUT2D eigenvalue weighted by Crippen LogP contribution is -2.53. The summed E-state index contributed by atoms with van der Waals surface area (Å²) in [5.41, 5.74) is -0.885. The molecular weight excluding hydrogens is 220 g/mol. The van der Waals surface area contributed by atoms with Crippen LogP contribution in [0.5, 0.6) is 0 Å². The Kier molecular flexibility index (Phi) is 2.92. The van der Waals surface area contributed by atoms with Crippen molar-refractivity contribution in [2.24, 2.45) is 5.92 Å². The highest BCUT2D eigenvalue weighted by atomic mass is 16.3. The molecule has 3 amide bonds. The molecule has 5 heteroatoms. The summed E-state index contributed by atoms with van der Waals surface area (Å²) in [6.07, 6.45) is 2.75. The van der Waals surface area contributed by atoms with Crippen LogP contribution in [0.3, 0.4) is 0 Å². The van der Waals surface area contributed by atoms with Gasteiger partial charge in [0, 0.05) is 6.42 Å².